The summed E-state index contributed by atoms with van der Waals surface area (Å²) in [5.74, 6) is -0.531. The van der Waals surface area contributed by atoms with Gasteiger partial charge in [0.25, 0.3) is 0 Å². The first-order valence-electron chi connectivity index (χ1n) is 6.03. The third kappa shape index (κ3) is 5.48. The summed E-state index contributed by atoms with van der Waals surface area (Å²) in [4.78, 5) is 12.5. The molecule has 1 atom stereocenters. The maximum atomic E-state index is 13.3. The van der Waals surface area contributed by atoms with E-state index >= 15 is 0 Å². The van der Waals surface area contributed by atoms with Crippen molar-refractivity contribution in [2.45, 2.75) is 23.5 Å². The third-order valence-corrected chi connectivity index (χ3v) is 3.57. The fourth-order valence-electron chi connectivity index (χ4n) is 1.41. The van der Waals surface area contributed by atoms with E-state index in [2.05, 4.69) is 5.32 Å². The van der Waals surface area contributed by atoms with Crippen LogP contribution in [0.1, 0.15) is 13.3 Å². The number of nitrogens with two attached hydrogens (primary N) is 1. The molecule has 1 rings (SSSR count). The van der Waals surface area contributed by atoms with E-state index in [0.717, 1.165) is 6.42 Å². The van der Waals surface area contributed by atoms with E-state index in [4.69, 9.17) is 10.5 Å². The number of carbonyl (C=O) groups excluding carboxylic acids is 1. The fraction of sp³-hybridized carbons (Fsp3) is 0.462. The van der Waals surface area contributed by atoms with E-state index in [0.29, 0.717) is 18.0 Å². The largest absolute Gasteiger partial charge is 0.396 e. The molecule has 1 aromatic rings. The molecule has 0 saturated carbocycles. The summed E-state index contributed by atoms with van der Waals surface area (Å²) in [6.07, 6.45) is 0.774. The van der Waals surface area contributed by atoms with Gasteiger partial charge < -0.3 is 15.8 Å². The van der Waals surface area contributed by atoms with Crippen LogP contribution in [0, 0.1) is 5.82 Å². The zero-order valence-corrected chi connectivity index (χ0v) is 11.9. The summed E-state index contributed by atoms with van der Waals surface area (Å²) in [7, 11) is 1.62. The predicted molar refractivity (Wildman–Crippen MR) is 75.6 cm³/mol. The number of anilines is 1. The Hall–Kier alpha value is -1.27. The first kappa shape index (κ1) is 15.8. The maximum Gasteiger partial charge on any atom is 0.233 e. The molecule has 1 aromatic carbocycles. The van der Waals surface area contributed by atoms with Crippen molar-refractivity contribution >= 4 is 23.4 Å². The van der Waals surface area contributed by atoms with Gasteiger partial charge in [-0.25, -0.2) is 4.39 Å². The summed E-state index contributed by atoms with van der Waals surface area (Å²) in [6, 6.07) is 4.55. The van der Waals surface area contributed by atoms with Crippen LogP contribution in [-0.2, 0) is 9.53 Å². The zero-order valence-electron chi connectivity index (χ0n) is 11.1. The normalized spacial score (nSPS) is 12.2. The van der Waals surface area contributed by atoms with E-state index < -0.39 is 5.82 Å². The molecule has 0 heterocycles. The molecule has 0 spiro atoms. The molecule has 0 bridgehead atoms. The molecule has 3 N–H and O–H groups in total. The van der Waals surface area contributed by atoms with Crippen LogP contribution < -0.4 is 11.1 Å². The quantitative estimate of drug-likeness (QED) is 0.457. The summed E-state index contributed by atoms with van der Waals surface area (Å²) >= 11 is 1.30. The van der Waals surface area contributed by atoms with E-state index in [9.17, 15) is 9.18 Å². The van der Waals surface area contributed by atoms with Gasteiger partial charge in [-0.1, -0.05) is 0 Å². The molecule has 6 heteroatoms. The number of nitrogen functional groups attached to an aromatic ring is 1. The Bertz CT molecular complexity index is 429. The van der Waals surface area contributed by atoms with Crippen molar-refractivity contribution in [1.29, 1.82) is 0 Å². The van der Waals surface area contributed by atoms with Crippen molar-refractivity contribution in [1.82, 2.24) is 5.32 Å². The molecule has 0 saturated heterocycles. The van der Waals surface area contributed by atoms with E-state index in [-0.39, 0.29) is 16.8 Å². The molecule has 0 aliphatic carbocycles. The minimum Gasteiger partial charge on any atom is -0.396 e. The first-order chi connectivity index (χ1) is 9.04. The Kier molecular flexibility index (Phi) is 6.66. The van der Waals surface area contributed by atoms with Gasteiger partial charge in [0.15, 0.2) is 0 Å². The highest BCUT2D eigenvalue weighted by Crippen LogP contribution is 2.25. The minimum absolute atomic E-state index is 0.0710. The summed E-state index contributed by atoms with van der Waals surface area (Å²) < 4.78 is 18.2. The van der Waals surface area contributed by atoms with Gasteiger partial charge in [-0.05, 0) is 31.5 Å². The summed E-state index contributed by atoms with van der Waals surface area (Å²) in [5, 5.41) is 2.52. The lowest BCUT2D eigenvalue weighted by atomic mass is 10.3. The van der Waals surface area contributed by atoms with Gasteiger partial charge >= 0.3 is 0 Å². The topological polar surface area (TPSA) is 64.3 Å². The molecule has 0 fully saturated rings. The van der Waals surface area contributed by atoms with Crippen LogP contribution >= 0.6 is 11.8 Å². The Balaban J connectivity index is 2.42. The zero-order chi connectivity index (χ0) is 14.3. The number of rotatable bonds is 7. The molecule has 19 heavy (non-hydrogen) atoms. The number of carbonyl (C=O) groups is 1. The molecule has 0 aliphatic heterocycles. The minimum atomic E-state index is -0.460. The Morgan fingerprint density at radius 2 is 2.32 bits per heavy atom. The molecule has 1 amide bonds. The number of ether oxygens (including phenoxy) is 1. The number of halogens is 1. The van der Waals surface area contributed by atoms with Crippen molar-refractivity contribution < 1.29 is 13.9 Å². The van der Waals surface area contributed by atoms with Gasteiger partial charge in [-0.2, -0.15) is 0 Å². The highest BCUT2D eigenvalue weighted by molar-refractivity contribution is 8.00. The second kappa shape index (κ2) is 8.01. The lowest BCUT2D eigenvalue weighted by Crippen LogP contribution is -2.32. The lowest BCUT2D eigenvalue weighted by molar-refractivity contribution is -0.120. The number of thioether (sulfide) groups is 1. The fourth-order valence-corrected chi connectivity index (χ4v) is 2.33. The van der Waals surface area contributed by atoms with Crippen molar-refractivity contribution in [2.75, 3.05) is 26.0 Å². The number of amides is 1. The van der Waals surface area contributed by atoms with Crippen LogP contribution in [0.5, 0.6) is 0 Å². The highest BCUT2D eigenvalue weighted by atomic mass is 32.2. The van der Waals surface area contributed by atoms with Crippen LogP contribution in [0.25, 0.3) is 0 Å². The molecular formula is C13H19FN2O2S. The molecule has 0 aliphatic rings. The van der Waals surface area contributed by atoms with E-state index in [1.807, 2.05) is 0 Å². The van der Waals surface area contributed by atoms with Gasteiger partial charge in [-0.15, -0.1) is 11.8 Å². The molecule has 1 unspecified atom stereocenters. The lowest BCUT2D eigenvalue weighted by Gasteiger charge is -2.12. The number of benzene rings is 1. The van der Waals surface area contributed by atoms with Crippen LogP contribution in [0.4, 0.5) is 10.1 Å². The molecule has 0 aromatic heterocycles. The van der Waals surface area contributed by atoms with Crippen LogP contribution in [-0.4, -0.2) is 31.4 Å². The van der Waals surface area contributed by atoms with Crippen molar-refractivity contribution in [2.24, 2.45) is 0 Å². The second-order valence-electron chi connectivity index (χ2n) is 4.08. The number of nitrogens with one attached hydrogen (secondary N) is 1. The Labute approximate surface area is 116 Å². The van der Waals surface area contributed by atoms with Gasteiger partial charge in [0.2, 0.25) is 5.91 Å². The second-order valence-corrected chi connectivity index (χ2v) is 5.49. The molecule has 4 nitrogen and oxygen atoms in total. The van der Waals surface area contributed by atoms with Gasteiger partial charge in [-0.3, -0.25) is 4.79 Å². The predicted octanol–water partition coefficient (Wildman–Crippen LogP) is 2.04. The number of hydrogen-bond donors (Lipinski definition) is 2. The van der Waals surface area contributed by atoms with Gasteiger partial charge in [0.05, 0.1) is 10.9 Å². The standard InChI is InChI=1S/C13H19FN2O2S/c1-9(13(17)16-6-3-7-18-2)19-10-4-5-12(15)11(14)8-10/h4-5,8-9H,3,6-7,15H2,1-2H3,(H,16,17). The van der Waals surface area contributed by atoms with Crippen LogP contribution in [0.3, 0.4) is 0 Å². The first-order valence-corrected chi connectivity index (χ1v) is 6.91. The Morgan fingerprint density at radius 1 is 1.58 bits per heavy atom. The maximum absolute atomic E-state index is 13.3. The highest BCUT2D eigenvalue weighted by Gasteiger charge is 2.14. The summed E-state index contributed by atoms with van der Waals surface area (Å²) in [5.41, 5.74) is 5.51. The van der Waals surface area contributed by atoms with Crippen molar-refractivity contribution in [3.05, 3.63) is 24.0 Å². The monoisotopic (exact) mass is 286 g/mol. The Morgan fingerprint density at radius 3 is 2.95 bits per heavy atom. The molecular weight excluding hydrogens is 267 g/mol. The van der Waals surface area contributed by atoms with Gasteiger partial charge in [0.1, 0.15) is 5.82 Å². The smallest absolute Gasteiger partial charge is 0.233 e. The molecule has 106 valence electrons. The number of methoxy groups -OCH3 is 1. The van der Waals surface area contributed by atoms with Crippen LogP contribution in [0.2, 0.25) is 0 Å². The van der Waals surface area contributed by atoms with Crippen molar-refractivity contribution in [3.63, 3.8) is 0 Å². The van der Waals surface area contributed by atoms with E-state index in [1.54, 1.807) is 20.1 Å². The van der Waals surface area contributed by atoms with Gasteiger partial charge in [0, 0.05) is 25.2 Å². The van der Waals surface area contributed by atoms with Crippen molar-refractivity contribution in [3.8, 4) is 0 Å². The van der Waals surface area contributed by atoms with Crippen LogP contribution in [0.15, 0.2) is 23.1 Å². The number of hydrogen-bond acceptors (Lipinski definition) is 4. The SMILES string of the molecule is COCCCNC(=O)C(C)Sc1ccc(N)c(F)c1. The average molecular weight is 286 g/mol. The van der Waals surface area contributed by atoms with E-state index in [1.165, 1.54) is 23.9 Å². The third-order valence-electron chi connectivity index (χ3n) is 2.48. The molecule has 0 radical (unpaired) electrons. The summed E-state index contributed by atoms with van der Waals surface area (Å²) in [6.45, 7) is 2.98. The average Bonchev–Trinajstić information content (AvgIpc) is 2.38.